The van der Waals surface area contributed by atoms with Crippen molar-refractivity contribution in [3.63, 3.8) is 0 Å². The van der Waals surface area contributed by atoms with Crippen LogP contribution in [0.3, 0.4) is 0 Å². The Bertz CT molecular complexity index is 730. The molecule has 1 N–H and O–H groups in total. The summed E-state index contributed by atoms with van der Waals surface area (Å²) in [4.78, 5) is 11.6. The van der Waals surface area contributed by atoms with Gasteiger partial charge in [-0.2, -0.15) is 5.10 Å². The number of halogens is 2. The van der Waals surface area contributed by atoms with Gasteiger partial charge in [-0.15, -0.1) is 0 Å². The Balaban J connectivity index is 2.65. The van der Waals surface area contributed by atoms with Crippen LogP contribution >= 0.6 is 23.2 Å². The Morgan fingerprint density at radius 3 is 2.50 bits per heavy atom. The second kappa shape index (κ2) is 5.94. The number of carboxylic acid groups (broad SMARTS) is 1. The summed E-state index contributed by atoms with van der Waals surface area (Å²) in [5.74, 6) is -0.985. The highest BCUT2D eigenvalue weighted by molar-refractivity contribution is 6.34. The van der Waals surface area contributed by atoms with Crippen molar-refractivity contribution >= 4 is 29.2 Å². The first kappa shape index (κ1) is 16.8. The molecule has 0 radical (unpaired) electrons. The quantitative estimate of drug-likeness (QED) is 0.874. The molecule has 0 bridgehead atoms. The van der Waals surface area contributed by atoms with Crippen molar-refractivity contribution < 1.29 is 9.90 Å². The third-order valence-electron chi connectivity index (χ3n) is 3.24. The molecule has 0 spiro atoms. The number of nitrogens with zero attached hydrogens (tertiary/aromatic N) is 2. The molecular formula is C16H18Cl2N2O2. The molecule has 0 amide bonds. The molecule has 0 atom stereocenters. The zero-order chi connectivity index (χ0) is 16.7. The number of carboxylic acids is 1. The molecule has 0 unspecified atom stereocenters. The molecule has 4 nitrogen and oxygen atoms in total. The number of carbonyl (C=O) groups is 1. The Morgan fingerprint density at radius 2 is 1.95 bits per heavy atom. The SMILES string of the molecule is Cc1c(C(=O)O)c(CC(C)(C)C)nn1-c1cc(Cl)ccc1Cl. The molecule has 1 heterocycles. The van der Waals surface area contributed by atoms with Gasteiger partial charge in [0.05, 0.1) is 22.1 Å². The molecule has 118 valence electrons. The summed E-state index contributed by atoms with van der Waals surface area (Å²) in [6.07, 6.45) is 0.556. The molecule has 6 heteroatoms. The summed E-state index contributed by atoms with van der Waals surface area (Å²) in [6, 6.07) is 5.03. The minimum absolute atomic E-state index is 0.0754. The van der Waals surface area contributed by atoms with Crippen molar-refractivity contribution in [3.8, 4) is 5.69 Å². The van der Waals surface area contributed by atoms with E-state index >= 15 is 0 Å². The summed E-state index contributed by atoms with van der Waals surface area (Å²) in [5, 5.41) is 15.0. The molecule has 0 fully saturated rings. The van der Waals surface area contributed by atoms with Crippen LogP contribution in [-0.4, -0.2) is 20.9 Å². The molecule has 0 aliphatic heterocycles. The van der Waals surface area contributed by atoms with Gasteiger partial charge in [-0.1, -0.05) is 44.0 Å². The number of aromatic carboxylic acids is 1. The van der Waals surface area contributed by atoms with Crippen LogP contribution in [0, 0.1) is 12.3 Å². The Labute approximate surface area is 139 Å². The molecule has 0 aliphatic rings. The molecule has 2 aromatic rings. The lowest BCUT2D eigenvalue weighted by Crippen LogP contribution is -2.13. The predicted molar refractivity (Wildman–Crippen MR) is 88.4 cm³/mol. The third-order valence-corrected chi connectivity index (χ3v) is 3.79. The summed E-state index contributed by atoms with van der Waals surface area (Å²) in [7, 11) is 0. The van der Waals surface area contributed by atoms with Gasteiger partial charge in [0.1, 0.15) is 5.56 Å². The lowest BCUT2D eigenvalue weighted by atomic mass is 9.89. The molecule has 0 saturated carbocycles. The predicted octanol–water partition coefficient (Wildman–Crippen LogP) is 4.77. The first-order chi connectivity index (χ1) is 10.1. The average molecular weight is 341 g/mol. The molecule has 1 aromatic heterocycles. The Kier molecular flexibility index (Phi) is 4.54. The number of rotatable bonds is 3. The molecule has 22 heavy (non-hydrogen) atoms. The summed E-state index contributed by atoms with van der Waals surface area (Å²) >= 11 is 12.2. The van der Waals surface area contributed by atoms with Gasteiger partial charge in [0.25, 0.3) is 0 Å². The van der Waals surface area contributed by atoms with Crippen LogP contribution in [0.15, 0.2) is 18.2 Å². The summed E-state index contributed by atoms with van der Waals surface area (Å²) < 4.78 is 1.55. The largest absolute Gasteiger partial charge is 0.478 e. The van der Waals surface area contributed by atoms with E-state index in [9.17, 15) is 9.90 Å². The van der Waals surface area contributed by atoms with Gasteiger partial charge in [-0.3, -0.25) is 0 Å². The number of hydrogen-bond donors (Lipinski definition) is 1. The van der Waals surface area contributed by atoms with Crippen molar-refractivity contribution in [2.24, 2.45) is 5.41 Å². The number of benzene rings is 1. The highest BCUT2D eigenvalue weighted by Crippen LogP contribution is 2.29. The number of aromatic nitrogens is 2. The van der Waals surface area contributed by atoms with E-state index in [0.717, 1.165) is 0 Å². The molecule has 1 aromatic carbocycles. The van der Waals surface area contributed by atoms with Gasteiger partial charge in [0.15, 0.2) is 0 Å². The van der Waals surface area contributed by atoms with Gasteiger partial charge >= 0.3 is 5.97 Å². The molecule has 2 rings (SSSR count). The van der Waals surface area contributed by atoms with Crippen molar-refractivity contribution in [1.29, 1.82) is 0 Å². The highest BCUT2D eigenvalue weighted by Gasteiger charge is 2.25. The van der Waals surface area contributed by atoms with Crippen LogP contribution in [0.4, 0.5) is 0 Å². The van der Waals surface area contributed by atoms with E-state index < -0.39 is 5.97 Å². The maximum atomic E-state index is 11.6. The van der Waals surface area contributed by atoms with Crippen LogP contribution in [0.1, 0.15) is 42.5 Å². The zero-order valence-electron chi connectivity index (χ0n) is 12.9. The third kappa shape index (κ3) is 3.45. The van der Waals surface area contributed by atoms with E-state index in [1.165, 1.54) is 0 Å². The Hall–Kier alpha value is -1.52. The van der Waals surface area contributed by atoms with E-state index in [-0.39, 0.29) is 11.0 Å². The average Bonchev–Trinajstić information content (AvgIpc) is 2.66. The van der Waals surface area contributed by atoms with E-state index in [4.69, 9.17) is 23.2 Å². The van der Waals surface area contributed by atoms with E-state index in [0.29, 0.717) is 33.5 Å². The maximum Gasteiger partial charge on any atom is 0.339 e. The van der Waals surface area contributed by atoms with Gasteiger partial charge in [-0.25, -0.2) is 9.48 Å². The van der Waals surface area contributed by atoms with Gasteiger partial charge in [0.2, 0.25) is 0 Å². The first-order valence-corrected chi connectivity index (χ1v) is 7.63. The van der Waals surface area contributed by atoms with Crippen LogP contribution in [0.2, 0.25) is 10.0 Å². The van der Waals surface area contributed by atoms with Crippen molar-refractivity contribution in [1.82, 2.24) is 9.78 Å². The lowest BCUT2D eigenvalue weighted by molar-refractivity contribution is 0.0694. The van der Waals surface area contributed by atoms with E-state index in [2.05, 4.69) is 5.10 Å². The van der Waals surface area contributed by atoms with E-state index in [1.807, 2.05) is 20.8 Å². The molecule has 0 saturated heterocycles. The molecular weight excluding hydrogens is 323 g/mol. The minimum atomic E-state index is -0.985. The van der Waals surface area contributed by atoms with Crippen LogP contribution in [0.25, 0.3) is 5.69 Å². The zero-order valence-corrected chi connectivity index (χ0v) is 14.5. The first-order valence-electron chi connectivity index (χ1n) is 6.87. The van der Waals surface area contributed by atoms with Gasteiger partial charge in [-0.05, 0) is 37.0 Å². The van der Waals surface area contributed by atoms with Crippen LogP contribution < -0.4 is 0 Å². The second-order valence-electron chi connectivity index (χ2n) is 6.46. The summed E-state index contributed by atoms with van der Waals surface area (Å²) in [6.45, 7) is 7.85. The van der Waals surface area contributed by atoms with Gasteiger partial charge < -0.3 is 5.11 Å². The lowest BCUT2D eigenvalue weighted by Gasteiger charge is -2.16. The van der Waals surface area contributed by atoms with Crippen molar-refractivity contribution in [2.75, 3.05) is 0 Å². The highest BCUT2D eigenvalue weighted by atomic mass is 35.5. The topological polar surface area (TPSA) is 55.1 Å². The van der Waals surface area contributed by atoms with E-state index in [1.54, 1.807) is 29.8 Å². The van der Waals surface area contributed by atoms with Gasteiger partial charge in [0, 0.05) is 5.02 Å². The maximum absolute atomic E-state index is 11.6. The second-order valence-corrected chi connectivity index (χ2v) is 7.30. The van der Waals surface area contributed by atoms with Crippen LogP contribution in [0.5, 0.6) is 0 Å². The Morgan fingerprint density at radius 1 is 1.32 bits per heavy atom. The normalized spacial score (nSPS) is 11.7. The van der Waals surface area contributed by atoms with Crippen LogP contribution in [-0.2, 0) is 6.42 Å². The standard InChI is InChI=1S/C16H18Cl2N2O2/c1-9-14(15(21)22)12(8-16(2,3)4)19-20(9)13-7-10(17)5-6-11(13)18/h5-7H,8H2,1-4H3,(H,21,22). The fourth-order valence-electron chi connectivity index (χ4n) is 2.35. The summed E-state index contributed by atoms with van der Waals surface area (Å²) in [5.41, 5.74) is 1.82. The number of hydrogen-bond acceptors (Lipinski definition) is 2. The minimum Gasteiger partial charge on any atom is -0.478 e. The fraction of sp³-hybridized carbons (Fsp3) is 0.375. The fourth-order valence-corrected chi connectivity index (χ4v) is 2.71. The molecule has 0 aliphatic carbocycles. The smallest absolute Gasteiger partial charge is 0.339 e. The van der Waals surface area contributed by atoms with Crippen molar-refractivity contribution in [3.05, 3.63) is 45.2 Å². The monoisotopic (exact) mass is 340 g/mol. The van der Waals surface area contributed by atoms with Crippen molar-refractivity contribution in [2.45, 2.75) is 34.1 Å².